The van der Waals surface area contributed by atoms with E-state index in [4.69, 9.17) is 4.74 Å². The third-order valence-corrected chi connectivity index (χ3v) is 5.73. The number of carbonyl (C=O) groups excluding carboxylic acids is 3. The number of alkyl carbamates (subject to hydrolysis) is 1. The summed E-state index contributed by atoms with van der Waals surface area (Å²) < 4.78 is 5.43. The molecule has 8 heteroatoms. The lowest BCUT2D eigenvalue weighted by atomic mass is 9.94. The van der Waals surface area contributed by atoms with E-state index < -0.39 is 35.2 Å². The van der Waals surface area contributed by atoms with Gasteiger partial charge in [-0.05, 0) is 59.9 Å². The average molecular weight is 506 g/mol. The molecule has 0 saturated carbocycles. The second-order valence-electron chi connectivity index (χ2n) is 11.4. The molecule has 8 nitrogen and oxygen atoms in total. The number of unbranched alkanes of at least 4 members (excludes halogenated alkanes) is 2. The van der Waals surface area contributed by atoms with Crippen LogP contribution in [0.15, 0.2) is 24.3 Å². The number of nitrogens with one attached hydrogen (secondary N) is 2. The summed E-state index contributed by atoms with van der Waals surface area (Å²) >= 11 is 0. The van der Waals surface area contributed by atoms with E-state index >= 15 is 0 Å². The topological polar surface area (TPSA) is 108 Å². The smallest absolute Gasteiger partial charge is 0.408 e. The molecule has 0 spiro atoms. The van der Waals surface area contributed by atoms with Gasteiger partial charge in [0.1, 0.15) is 23.4 Å². The summed E-state index contributed by atoms with van der Waals surface area (Å²) in [6, 6.07) is 4.59. The zero-order chi connectivity index (χ0) is 27.7. The first kappa shape index (κ1) is 31.3. The van der Waals surface area contributed by atoms with E-state index in [0.717, 1.165) is 12.8 Å². The number of rotatable bonds is 11. The number of nitrogens with zero attached hydrogens (tertiary/aromatic N) is 1. The number of phenolic OH excluding ortho intramolecular Hbond substituents is 1. The van der Waals surface area contributed by atoms with Crippen LogP contribution in [0.1, 0.15) is 99.6 Å². The first-order chi connectivity index (χ1) is 16.6. The third kappa shape index (κ3) is 10.1. The van der Waals surface area contributed by atoms with Crippen LogP contribution in [0.2, 0.25) is 0 Å². The molecule has 0 aliphatic heterocycles. The molecule has 0 aliphatic carbocycles. The highest BCUT2D eigenvalue weighted by molar-refractivity contribution is 5.93. The normalized spacial score (nSPS) is 14.4. The zero-order valence-corrected chi connectivity index (χ0v) is 23.6. The Morgan fingerprint density at radius 1 is 1.03 bits per heavy atom. The zero-order valence-electron chi connectivity index (χ0n) is 23.6. The van der Waals surface area contributed by atoms with Crippen molar-refractivity contribution >= 4 is 17.9 Å². The maximum absolute atomic E-state index is 14.1. The van der Waals surface area contributed by atoms with Gasteiger partial charge in [0, 0.05) is 17.6 Å². The molecule has 0 fully saturated rings. The highest BCUT2D eigenvalue weighted by Crippen LogP contribution is 2.31. The van der Waals surface area contributed by atoms with Gasteiger partial charge in [-0.15, -0.1) is 0 Å². The Labute approximate surface area is 217 Å². The molecule has 3 unspecified atom stereocenters. The van der Waals surface area contributed by atoms with Gasteiger partial charge in [-0.1, -0.05) is 58.2 Å². The molecule has 3 N–H and O–H groups in total. The molecule has 1 rings (SSSR count). The monoisotopic (exact) mass is 505 g/mol. The predicted octanol–water partition coefficient (Wildman–Crippen LogP) is 5.31. The van der Waals surface area contributed by atoms with Gasteiger partial charge in [0.25, 0.3) is 0 Å². The number of hydrogen-bond donors (Lipinski definition) is 3. The van der Waals surface area contributed by atoms with Crippen LogP contribution in [0.3, 0.4) is 0 Å². The average Bonchev–Trinajstić information content (AvgIpc) is 2.74. The fraction of sp³-hybridized carbons (Fsp3) is 0.679. The van der Waals surface area contributed by atoms with Crippen molar-refractivity contribution in [3.63, 3.8) is 0 Å². The van der Waals surface area contributed by atoms with E-state index in [1.165, 1.54) is 11.0 Å². The van der Waals surface area contributed by atoms with Crippen LogP contribution in [0.25, 0.3) is 0 Å². The highest BCUT2D eigenvalue weighted by Gasteiger charge is 2.39. The lowest BCUT2D eigenvalue weighted by Crippen LogP contribution is -2.56. The number of aromatic hydroxyl groups is 1. The summed E-state index contributed by atoms with van der Waals surface area (Å²) in [6.45, 7) is 17.0. The molecular formula is C28H47N3O5. The SMILES string of the molecule is CCCCCN(C(=O)C(NC(=O)OC(C)(C)C)C(C)CC)C(C(=O)NC(C)(C)C)c1ccccc1O. The Morgan fingerprint density at radius 2 is 1.64 bits per heavy atom. The van der Waals surface area contributed by atoms with Crippen LogP contribution >= 0.6 is 0 Å². The van der Waals surface area contributed by atoms with Crippen molar-refractivity contribution in [3.05, 3.63) is 29.8 Å². The van der Waals surface area contributed by atoms with Gasteiger partial charge in [0.05, 0.1) is 0 Å². The number of benzene rings is 1. The van der Waals surface area contributed by atoms with Crippen LogP contribution in [0.4, 0.5) is 4.79 Å². The van der Waals surface area contributed by atoms with Gasteiger partial charge in [-0.25, -0.2) is 4.79 Å². The Balaban J connectivity index is 3.56. The quantitative estimate of drug-likeness (QED) is 0.353. The molecule has 1 aromatic carbocycles. The molecule has 36 heavy (non-hydrogen) atoms. The molecule has 0 bridgehead atoms. The lowest BCUT2D eigenvalue weighted by molar-refractivity contribution is -0.144. The van der Waals surface area contributed by atoms with Crippen molar-refractivity contribution < 1.29 is 24.2 Å². The number of hydrogen-bond acceptors (Lipinski definition) is 5. The Morgan fingerprint density at radius 3 is 2.14 bits per heavy atom. The van der Waals surface area contributed by atoms with Crippen molar-refractivity contribution in [2.24, 2.45) is 5.92 Å². The van der Waals surface area contributed by atoms with Gasteiger partial charge < -0.3 is 25.4 Å². The van der Waals surface area contributed by atoms with Crippen LogP contribution < -0.4 is 10.6 Å². The van der Waals surface area contributed by atoms with Crippen molar-refractivity contribution in [2.75, 3.05) is 6.54 Å². The minimum absolute atomic E-state index is 0.0694. The van der Waals surface area contributed by atoms with Crippen LogP contribution in [0.5, 0.6) is 5.75 Å². The molecule has 0 heterocycles. The van der Waals surface area contributed by atoms with E-state index in [0.29, 0.717) is 24.9 Å². The van der Waals surface area contributed by atoms with Crippen molar-refractivity contribution in [1.82, 2.24) is 15.5 Å². The van der Waals surface area contributed by atoms with Crippen molar-refractivity contribution in [1.29, 1.82) is 0 Å². The fourth-order valence-electron chi connectivity index (χ4n) is 3.80. The first-order valence-electron chi connectivity index (χ1n) is 13.0. The van der Waals surface area contributed by atoms with Crippen LogP contribution in [-0.4, -0.2) is 51.6 Å². The van der Waals surface area contributed by atoms with Crippen molar-refractivity contribution in [3.8, 4) is 5.75 Å². The second kappa shape index (κ2) is 13.5. The summed E-state index contributed by atoms with van der Waals surface area (Å²) in [5.41, 5.74) is -0.939. The summed E-state index contributed by atoms with van der Waals surface area (Å²) in [6.07, 6.45) is 2.42. The largest absolute Gasteiger partial charge is 0.508 e. The minimum atomic E-state index is -1.07. The van der Waals surface area contributed by atoms with Gasteiger partial charge in [0.2, 0.25) is 11.8 Å². The molecule has 0 aromatic heterocycles. The standard InChI is InChI=1S/C28H47N3O5/c1-10-12-15-18-31(25(34)22(19(3)11-2)29-26(35)36-28(7,8)9)23(24(33)30-27(4,5)6)20-16-13-14-17-21(20)32/h13-14,16-17,19,22-23,32H,10-12,15,18H2,1-9H3,(H,29,35)(H,30,33). The molecule has 3 amide bonds. The second-order valence-corrected chi connectivity index (χ2v) is 11.4. The number of para-hydroxylation sites is 1. The summed E-state index contributed by atoms with van der Waals surface area (Å²) in [4.78, 5) is 41.9. The van der Waals surface area contributed by atoms with Gasteiger partial charge >= 0.3 is 6.09 Å². The molecule has 0 saturated heterocycles. The first-order valence-corrected chi connectivity index (χ1v) is 13.0. The Kier molecular flexibility index (Phi) is 11.7. The Bertz CT molecular complexity index is 873. The minimum Gasteiger partial charge on any atom is -0.508 e. The van der Waals surface area contributed by atoms with E-state index in [2.05, 4.69) is 17.6 Å². The maximum Gasteiger partial charge on any atom is 0.408 e. The predicted molar refractivity (Wildman–Crippen MR) is 143 cm³/mol. The molecular weight excluding hydrogens is 458 g/mol. The number of carbonyl (C=O) groups is 3. The summed E-state index contributed by atoms with van der Waals surface area (Å²) in [5, 5.41) is 16.4. The number of phenols is 1. The number of ether oxygens (including phenoxy) is 1. The van der Waals surface area contributed by atoms with E-state index in [9.17, 15) is 19.5 Å². The fourth-order valence-corrected chi connectivity index (χ4v) is 3.80. The molecule has 204 valence electrons. The van der Waals surface area contributed by atoms with E-state index in [1.54, 1.807) is 39.0 Å². The van der Waals surface area contributed by atoms with Crippen LogP contribution in [0, 0.1) is 5.92 Å². The highest BCUT2D eigenvalue weighted by atomic mass is 16.6. The van der Waals surface area contributed by atoms with Crippen LogP contribution in [-0.2, 0) is 14.3 Å². The molecule has 1 aromatic rings. The summed E-state index contributed by atoms with van der Waals surface area (Å²) in [5.74, 6) is -1.06. The molecule has 0 aliphatic rings. The lowest BCUT2D eigenvalue weighted by Gasteiger charge is -2.37. The van der Waals surface area contributed by atoms with Gasteiger partial charge in [0.15, 0.2) is 0 Å². The van der Waals surface area contributed by atoms with Gasteiger partial charge in [-0.2, -0.15) is 0 Å². The Hall–Kier alpha value is -2.77. The van der Waals surface area contributed by atoms with Gasteiger partial charge in [-0.3, -0.25) is 9.59 Å². The van der Waals surface area contributed by atoms with E-state index in [-0.39, 0.29) is 17.6 Å². The molecule has 0 radical (unpaired) electrons. The van der Waals surface area contributed by atoms with E-state index in [1.807, 2.05) is 34.6 Å². The van der Waals surface area contributed by atoms with Crippen molar-refractivity contribution in [2.45, 2.75) is 111 Å². The maximum atomic E-state index is 14.1. The summed E-state index contributed by atoms with van der Waals surface area (Å²) in [7, 11) is 0. The number of amides is 3. The molecule has 3 atom stereocenters. The third-order valence-electron chi connectivity index (χ3n) is 5.73.